The first-order chi connectivity index (χ1) is 16.2. The molecule has 0 bridgehead atoms. The molecule has 2 heterocycles. The third kappa shape index (κ3) is 5.37. The molecule has 4 aliphatic rings. The molecule has 34 heavy (non-hydrogen) atoms. The Morgan fingerprint density at radius 3 is 2.44 bits per heavy atom. The number of anilines is 1. The van der Waals surface area contributed by atoms with E-state index in [1.54, 1.807) is 18.4 Å². The molecule has 2 fully saturated rings. The Hall–Kier alpha value is -3.04. The number of alkyl halides is 3. The van der Waals surface area contributed by atoms with Crippen LogP contribution in [0.15, 0.2) is 52.8 Å². The number of ether oxygens (including phenoxy) is 1. The summed E-state index contributed by atoms with van der Waals surface area (Å²) in [6.45, 7) is 4.65. The van der Waals surface area contributed by atoms with Crippen molar-refractivity contribution < 1.29 is 27.1 Å². The number of allylic oxidation sites excluding steroid dienone is 3. The molecule has 0 saturated heterocycles. The molecule has 2 saturated carbocycles. The second-order valence-corrected chi connectivity index (χ2v) is 9.18. The van der Waals surface area contributed by atoms with Gasteiger partial charge in [0.15, 0.2) is 0 Å². The second kappa shape index (κ2) is 9.68. The third-order valence-corrected chi connectivity index (χ3v) is 6.63. The summed E-state index contributed by atoms with van der Waals surface area (Å²) in [7, 11) is 0. The van der Waals surface area contributed by atoms with Gasteiger partial charge in [-0.05, 0) is 61.2 Å². The van der Waals surface area contributed by atoms with Crippen LogP contribution in [-0.4, -0.2) is 34.7 Å². The van der Waals surface area contributed by atoms with Crippen molar-refractivity contribution in [2.45, 2.75) is 51.4 Å². The van der Waals surface area contributed by atoms with E-state index < -0.39 is 12.0 Å². The maximum absolute atomic E-state index is 13.5. The van der Waals surface area contributed by atoms with Crippen molar-refractivity contribution in [3.8, 4) is 0 Å². The topological polar surface area (TPSA) is 76.5 Å². The summed E-state index contributed by atoms with van der Waals surface area (Å²) in [5, 5.41) is 2.11. The fourth-order valence-electron chi connectivity index (χ4n) is 5.17. The molecule has 1 aromatic rings. The van der Waals surface area contributed by atoms with E-state index in [9.17, 15) is 22.4 Å². The summed E-state index contributed by atoms with van der Waals surface area (Å²) in [6.07, 6.45) is 7.70. The van der Waals surface area contributed by atoms with E-state index >= 15 is 0 Å². The summed E-state index contributed by atoms with van der Waals surface area (Å²) in [5.74, 6) is 2.87. The molecule has 1 aliphatic heterocycles. The largest absolute Gasteiger partial charge is 0.490 e. The highest BCUT2D eigenvalue weighted by Crippen LogP contribution is 2.61. The highest BCUT2D eigenvalue weighted by molar-refractivity contribution is 5.76. The molecule has 5 rings (SSSR count). The fraction of sp³-hybridized carbons (Fsp3) is 0.500. The van der Waals surface area contributed by atoms with E-state index in [0.717, 1.165) is 60.2 Å². The number of aliphatic imine (C=N–C) groups is 1. The van der Waals surface area contributed by atoms with Gasteiger partial charge in [-0.1, -0.05) is 13.8 Å². The first kappa shape index (κ1) is 24.1. The van der Waals surface area contributed by atoms with E-state index in [4.69, 9.17) is 4.74 Å². The number of nitrogens with zero attached hydrogens (tertiary/aromatic N) is 3. The highest BCUT2D eigenvalue weighted by atomic mass is 19.4. The van der Waals surface area contributed by atoms with E-state index in [-0.39, 0.29) is 17.6 Å². The number of rotatable bonds is 5. The maximum Gasteiger partial charge on any atom is 0.451 e. The standard InChI is InChI=1S/C18H22FNO.C6H4F3N3O/c1-10(2)18-13-8-12(9-14(13)18)21-17-5-6-20-16-4-3-11(19)7-15(16)17;7-6(8,9)5-10-1-4(2-11-5)12-3-13/h3,5-7,10,12-14,16,18H,4,8-9H2,1-2H3;1-3H,(H,12,13). The van der Waals surface area contributed by atoms with Gasteiger partial charge in [-0.15, -0.1) is 0 Å². The van der Waals surface area contributed by atoms with E-state index in [0.29, 0.717) is 18.9 Å². The van der Waals surface area contributed by atoms with Gasteiger partial charge in [-0.25, -0.2) is 14.4 Å². The Balaban J connectivity index is 0.000000182. The number of halogens is 4. The quantitative estimate of drug-likeness (QED) is 0.462. The van der Waals surface area contributed by atoms with Gasteiger partial charge < -0.3 is 10.1 Å². The highest BCUT2D eigenvalue weighted by Gasteiger charge is 2.57. The molecule has 1 aromatic heterocycles. The van der Waals surface area contributed by atoms with Crippen LogP contribution in [0.2, 0.25) is 0 Å². The minimum absolute atomic E-state index is 0.0452. The molecule has 1 amide bonds. The van der Waals surface area contributed by atoms with Crippen LogP contribution in [0.4, 0.5) is 23.2 Å². The number of carbonyl (C=O) groups is 1. The summed E-state index contributed by atoms with van der Waals surface area (Å²) in [6, 6.07) is 0.0452. The van der Waals surface area contributed by atoms with Crippen molar-refractivity contribution in [1.29, 1.82) is 0 Å². The lowest BCUT2D eigenvalue weighted by Gasteiger charge is -2.27. The number of fused-ring (bicyclic) bond motifs is 2. The number of amides is 1. The molecule has 0 spiro atoms. The van der Waals surface area contributed by atoms with Crippen LogP contribution in [0.5, 0.6) is 0 Å². The molecule has 3 aliphatic carbocycles. The lowest BCUT2D eigenvalue weighted by molar-refractivity contribution is -0.144. The van der Waals surface area contributed by atoms with Crippen molar-refractivity contribution in [1.82, 2.24) is 9.97 Å². The molecule has 0 radical (unpaired) electrons. The third-order valence-electron chi connectivity index (χ3n) is 6.63. The molecule has 3 unspecified atom stereocenters. The van der Waals surface area contributed by atoms with Crippen molar-refractivity contribution >= 4 is 18.3 Å². The number of hydrogen-bond acceptors (Lipinski definition) is 5. The Morgan fingerprint density at radius 2 is 1.85 bits per heavy atom. The van der Waals surface area contributed by atoms with Crippen LogP contribution >= 0.6 is 0 Å². The van der Waals surface area contributed by atoms with E-state index in [2.05, 4.69) is 34.1 Å². The van der Waals surface area contributed by atoms with Crippen LogP contribution in [0.1, 0.15) is 38.9 Å². The zero-order chi connectivity index (χ0) is 24.5. The van der Waals surface area contributed by atoms with Crippen molar-refractivity contribution in [2.75, 3.05) is 5.32 Å². The van der Waals surface area contributed by atoms with E-state index in [1.165, 1.54) is 0 Å². The van der Waals surface area contributed by atoms with Crippen molar-refractivity contribution in [2.24, 2.45) is 28.7 Å². The molecule has 3 atom stereocenters. The first-order valence-corrected chi connectivity index (χ1v) is 11.2. The van der Waals surface area contributed by atoms with Gasteiger partial charge in [0.25, 0.3) is 0 Å². The van der Waals surface area contributed by atoms with Gasteiger partial charge in [0.1, 0.15) is 11.6 Å². The van der Waals surface area contributed by atoms with Crippen LogP contribution in [0.25, 0.3) is 0 Å². The molecule has 1 N–H and O–H groups in total. The molecule has 182 valence electrons. The van der Waals surface area contributed by atoms with Crippen molar-refractivity contribution in [3.05, 3.63) is 53.6 Å². The minimum atomic E-state index is -4.56. The van der Waals surface area contributed by atoms with E-state index in [1.807, 2.05) is 6.08 Å². The SMILES string of the molecule is CC(C)C1C2CC(OC3=CC=NC4CC=C(F)C=C34)CC21.O=CNc1cnc(C(F)(F)F)nc1. The number of carbonyl (C=O) groups excluding carboxylic acids is 1. The average Bonchev–Trinajstić information content (AvgIpc) is 3.31. The lowest BCUT2D eigenvalue weighted by Crippen LogP contribution is -2.21. The first-order valence-electron chi connectivity index (χ1n) is 11.2. The Morgan fingerprint density at radius 1 is 1.18 bits per heavy atom. The van der Waals surface area contributed by atoms with Gasteiger partial charge in [0, 0.05) is 11.8 Å². The zero-order valence-corrected chi connectivity index (χ0v) is 18.8. The van der Waals surface area contributed by atoms with Crippen LogP contribution in [0.3, 0.4) is 0 Å². The smallest absolute Gasteiger partial charge is 0.451 e. The second-order valence-electron chi connectivity index (χ2n) is 9.18. The predicted molar refractivity (Wildman–Crippen MR) is 118 cm³/mol. The number of hydrogen-bond donors (Lipinski definition) is 1. The number of nitrogens with one attached hydrogen (secondary N) is 1. The molecule has 0 aromatic carbocycles. The summed E-state index contributed by atoms with van der Waals surface area (Å²) >= 11 is 0. The molecule has 10 heteroatoms. The zero-order valence-electron chi connectivity index (χ0n) is 18.8. The maximum atomic E-state index is 13.5. The van der Waals surface area contributed by atoms with Gasteiger partial charge in [-0.2, -0.15) is 13.2 Å². The molecular weight excluding hydrogens is 452 g/mol. The average molecular weight is 478 g/mol. The Kier molecular flexibility index (Phi) is 6.86. The van der Waals surface area contributed by atoms with Gasteiger partial charge >= 0.3 is 6.18 Å². The number of dihydropyridines is 1. The predicted octanol–water partition coefficient (Wildman–Crippen LogP) is 5.27. The lowest BCUT2D eigenvalue weighted by atomic mass is 9.95. The van der Waals surface area contributed by atoms with Crippen LogP contribution in [0, 0.1) is 23.7 Å². The van der Waals surface area contributed by atoms with Crippen LogP contribution < -0.4 is 5.32 Å². The Bertz CT molecular complexity index is 1020. The minimum Gasteiger partial charge on any atom is -0.490 e. The normalized spacial score (nSPS) is 29.0. The molecular formula is C24H26F4N4O2. The summed E-state index contributed by atoms with van der Waals surface area (Å²) in [4.78, 5) is 20.3. The van der Waals surface area contributed by atoms with Gasteiger partial charge in [-0.3, -0.25) is 9.79 Å². The Labute approximate surface area is 194 Å². The molecule has 6 nitrogen and oxygen atoms in total. The summed E-state index contributed by atoms with van der Waals surface area (Å²) in [5.41, 5.74) is 1.03. The summed E-state index contributed by atoms with van der Waals surface area (Å²) < 4.78 is 55.4. The van der Waals surface area contributed by atoms with Crippen LogP contribution in [-0.2, 0) is 15.7 Å². The van der Waals surface area contributed by atoms with Gasteiger partial charge in [0.2, 0.25) is 12.2 Å². The fourth-order valence-corrected chi connectivity index (χ4v) is 5.17. The monoisotopic (exact) mass is 478 g/mol. The van der Waals surface area contributed by atoms with Crippen molar-refractivity contribution in [3.63, 3.8) is 0 Å². The number of aromatic nitrogens is 2. The van der Waals surface area contributed by atoms with Gasteiger partial charge in [0.05, 0.1) is 30.2 Å².